The summed E-state index contributed by atoms with van der Waals surface area (Å²) in [4.78, 5) is 193. The number of halogens is 3. The molecule has 13 amide bonds. The third-order valence-electron chi connectivity index (χ3n) is 17.8. The molecule has 13 atom stereocenters. The molecule has 0 spiro atoms. The topological polar surface area (TPSA) is 425 Å². The van der Waals surface area contributed by atoms with E-state index in [2.05, 4.69) is 58.2 Å². The van der Waals surface area contributed by atoms with E-state index < -0.39 is 175 Å². The summed E-state index contributed by atoms with van der Waals surface area (Å²) >= 11 is 19.1. The van der Waals surface area contributed by atoms with E-state index in [4.69, 9.17) is 34.8 Å². The van der Waals surface area contributed by atoms with Crippen molar-refractivity contribution in [3.63, 3.8) is 0 Å². The van der Waals surface area contributed by atoms with Crippen LogP contribution in [0, 0.1) is 11.8 Å². The number of carbonyl (C=O) groups excluding carboxylic acids is 12. The van der Waals surface area contributed by atoms with Crippen LogP contribution in [0.2, 0.25) is 15.1 Å². The second-order valence-electron chi connectivity index (χ2n) is 25.1. The second kappa shape index (κ2) is 36.6. The van der Waals surface area contributed by atoms with Crippen LogP contribution in [0.4, 0.5) is 4.79 Å². The van der Waals surface area contributed by atoms with E-state index in [1.165, 1.54) is 49.5 Å². The number of aromatic nitrogens is 1. The van der Waals surface area contributed by atoms with Crippen LogP contribution in [0.15, 0.2) is 103 Å². The van der Waals surface area contributed by atoms with Gasteiger partial charge in [-0.1, -0.05) is 130 Å². The fourth-order valence-corrected chi connectivity index (χ4v) is 12.3. The third kappa shape index (κ3) is 21.4. The number of amides is 13. The van der Waals surface area contributed by atoms with Crippen molar-refractivity contribution in [3.8, 4) is 0 Å². The number of imide groups is 1. The summed E-state index contributed by atoms with van der Waals surface area (Å²) < 4.78 is 0. The Balaban J connectivity index is 1.34. The molecular formula is C69H84Cl3N13O16. The second-order valence-corrected chi connectivity index (χ2v) is 26.4. The zero-order valence-corrected chi connectivity index (χ0v) is 58.5. The molecule has 0 radical (unpaired) electrons. The molecule has 3 heterocycles. The van der Waals surface area contributed by atoms with Gasteiger partial charge in [0.05, 0.1) is 19.3 Å². The van der Waals surface area contributed by atoms with Crippen LogP contribution in [0.3, 0.4) is 0 Å². The minimum Gasteiger partial charge on any atom is -0.480 e. The third-order valence-corrected chi connectivity index (χ3v) is 18.6. The number of carboxylic acids is 1. The van der Waals surface area contributed by atoms with Crippen LogP contribution >= 0.6 is 34.8 Å². The molecule has 0 saturated carbocycles. The van der Waals surface area contributed by atoms with Crippen molar-refractivity contribution >= 4 is 123 Å². The minimum absolute atomic E-state index is 0.0731. The predicted molar refractivity (Wildman–Crippen MR) is 371 cm³/mol. The van der Waals surface area contributed by atoms with Crippen molar-refractivity contribution < 1.29 is 77.6 Å². The van der Waals surface area contributed by atoms with Crippen molar-refractivity contribution in [3.05, 3.63) is 141 Å². The van der Waals surface area contributed by atoms with E-state index in [0.717, 1.165) is 16.7 Å². The van der Waals surface area contributed by atoms with E-state index in [1.807, 2.05) is 0 Å². The molecule has 14 N–H and O–H groups in total. The number of H-pyrrole nitrogens is 1. The maximum atomic E-state index is 15.5. The molecular weight excluding hydrogens is 1370 g/mol. The number of carbonyl (C=O) groups is 13. The molecule has 542 valence electrons. The summed E-state index contributed by atoms with van der Waals surface area (Å²) in [5, 5.41) is 58.1. The van der Waals surface area contributed by atoms with Gasteiger partial charge in [0.15, 0.2) is 6.04 Å². The SMILES string of the molecule is CC[C@H](C)[C@@H]1NC(=O)CNC(=O)[C@H]([C@@H](C)CC)NC(=O)[C@H](CO)NC(=O)C(C(=O)N2CCC[C@H]2C(=O)O)NC(=O)[C@H](Cc2cccc(Cl)c2)NC(=O)[C@H]([C@@H](C)O)NC(=O)[C@H](Cc2ccc(Cl)cc2)N(C)C(=O)[C@H](Cc2cccc(Cl)c2)NC(=O)[C@H](Cc2c[nH]c3ccccc23)NC(=O)NC1=O. The van der Waals surface area contributed by atoms with Gasteiger partial charge in [-0.15, -0.1) is 0 Å². The van der Waals surface area contributed by atoms with Crippen LogP contribution in [0.25, 0.3) is 10.9 Å². The summed E-state index contributed by atoms with van der Waals surface area (Å²) in [5.74, 6) is -15.4. The molecule has 0 aliphatic carbocycles. The number of hydrogen-bond donors (Lipinski definition) is 14. The highest BCUT2D eigenvalue weighted by atomic mass is 35.5. The quantitative estimate of drug-likeness (QED) is 0.0622. The van der Waals surface area contributed by atoms with Crippen molar-refractivity contribution in [1.82, 2.24) is 68.0 Å². The Kier molecular flexibility index (Phi) is 28.5. The number of aliphatic carboxylic acids is 1. The molecule has 1 aromatic heterocycles. The van der Waals surface area contributed by atoms with Gasteiger partial charge in [0.2, 0.25) is 47.3 Å². The van der Waals surface area contributed by atoms with Crippen LogP contribution in [-0.2, 0) is 83.2 Å². The highest BCUT2D eigenvalue weighted by molar-refractivity contribution is 6.31. The van der Waals surface area contributed by atoms with Crippen LogP contribution in [0.1, 0.15) is 82.6 Å². The normalized spacial score (nSPS) is 24.3. The van der Waals surface area contributed by atoms with E-state index in [-0.39, 0.29) is 67.1 Å². The van der Waals surface area contributed by atoms with Crippen molar-refractivity contribution in [2.24, 2.45) is 11.8 Å². The van der Waals surface area contributed by atoms with Gasteiger partial charge in [0.25, 0.3) is 17.7 Å². The zero-order valence-electron chi connectivity index (χ0n) is 56.3. The number of fused-ring (bicyclic) bond motifs is 1. The molecule has 5 aromatic rings. The number of carboxylic acid groups (broad SMARTS) is 1. The number of rotatable bonds is 16. The van der Waals surface area contributed by atoms with Gasteiger partial charge in [-0.05, 0) is 96.3 Å². The van der Waals surface area contributed by atoms with Gasteiger partial charge in [0.1, 0.15) is 54.4 Å². The monoisotopic (exact) mass is 1460 g/mol. The summed E-state index contributed by atoms with van der Waals surface area (Å²) in [6.07, 6.45) is -1.05. The number of likely N-dealkylation sites (N-methyl/N-ethyl adjacent to an activating group) is 1. The number of likely N-dealkylation sites (tertiary alicyclic amines) is 1. The van der Waals surface area contributed by atoms with Gasteiger partial charge < -0.3 is 78.0 Å². The number of aromatic amines is 1. The maximum Gasteiger partial charge on any atom is 0.326 e. The summed E-state index contributed by atoms with van der Waals surface area (Å²) in [6, 6.07) is 6.60. The minimum atomic E-state index is -2.42. The zero-order chi connectivity index (χ0) is 73.9. The van der Waals surface area contributed by atoms with E-state index >= 15 is 14.4 Å². The lowest BCUT2D eigenvalue weighted by Crippen LogP contribution is -2.65. The summed E-state index contributed by atoms with van der Waals surface area (Å²) in [6.45, 7) is 5.41. The lowest BCUT2D eigenvalue weighted by molar-refractivity contribution is -0.151. The fourth-order valence-electron chi connectivity index (χ4n) is 11.7. The molecule has 29 nitrogen and oxygen atoms in total. The van der Waals surface area contributed by atoms with Crippen LogP contribution in [-0.4, -0.2) is 200 Å². The average molecular weight is 1460 g/mol. The van der Waals surface area contributed by atoms with E-state index in [1.54, 1.807) is 88.5 Å². The standard InChI is InChI=1S/C69H84Cl3N13O16/c1-7-35(3)54-62(93)74-33-53(88)79-55(36(4)8-2)63(94)83-69(101)78-48(31-41-32-73-46-19-10-9-18-45(41)46)58(89)76-49(29-40-15-12-17-44(72)27-40)66(97)84(6)52(30-38-21-23-42(70)24-22-38)61(92)81-56(37(5)87)64(95)75-47(28-39-14-11-16-43(71)26-39)59(90)82-57(65(96)77-50(34-86)60(91)80-54)67(98)85-25-13-20-51(85)68(99)100/h9-12,14-19,21-24,26-27,32,35-37,47-52,54-57,73,86-87H,7-8,13,20,25,28-31,33-34H2,1-6H3,(H,74,93)(H,75,95)(H,76,89)(H,77,96)(H,79,88)(H,80,91)(H,81,92)(H,82,90)(H,99,100)(H2,78,83,94,101)/t35-,36-,37+,47-,48-,49-,50-,51-,52-,54-,55-,56-,57?/m0/s1. The van der Waals surface area contributed by atoms with E-state index in [0.29, 0.717) is 32.6 Å². The van der Waals surface area contributed by atoms with Crippen molar-refractivity contribution in [2.45, 2.75) is 153 Å². The van der Waals surface area contributed by atoms with Gasteiger partial charge in [-0.3, -0.25) is 58.1 Å². The molecule has 2 fully saturated rings. The van der Waals surface area contributed by atoms with Gasteiger partial charge >= 0.3 is 12.0 Å². The molecule has 101 heavy (non-hydrogen) atoms. The highest BCUT2D eigenvalue weighted by Gasteiger charge is 2.44. The Morgan fingerprint density at radius 2 is 1.13 bits per heavy atom. The van der Waals surface area contributed by atoms with Gasteiger partial charge in [-0.25, -0.2) is 9.59 Å². The first-order valence-electron chi connectivity index (χ1n) is 32.9. The molecule has 7 rings (SSSR count). The van der Waals surface area contributed by atoms with Crippen LogP contribution < -0.4 is 53.2 Å². The number of nitrogens with zero attached hydrogens (tertiary/aromatic N) is 2. The molecule has 2 aliphatic rings. The number of nitrogens with one attached hydrogen (secondary N) is 11. The first-order chi connectivity index (χ1) is 48.0. The number of aliphatic hydroxyl groups excluding tert-OH is 2. The smallest absolute Gasteiger partial charge is 0.326 e. The Morgan fingerprint density at radius 3 is 1.73 bits per heavy atom. The fraction of sp³-hybridized carbons (Fsp3) is 0.435. The van der Waals surface area contributed by atoms with Crippen molar-refractivity contribution in [1.29, 1.82) is 0 Å². The Bertz CT molecular complexity index is 3880. The number of para-hydroxylation sites is 1. The maximum absolute atomic E-state index is 15.5. The largest absolute Gasteiger partial charge is 0.480 e. The molecule has 4 aromatic carbocycles. The number of aliphatic hydroxyl groups is 2. The Morgan fingerprint density at radius 1 is 0.564 bits per heavy atom. The summed E-state index contributed by atoms with van der Waals surface area (Å²) in [5.41, 5.74) is 2.25. The highest BCUT2D eigenvalue weighted by Crippen LogP contribution is 2.24. The van der Waals surface area contributed by atoms with Crippen LogP contribution in [0.5, 0.6) is 0 Å². The van der Waals surface area contributed by atoms with Gasteiger partial charge in [0, 0.05) is 71.4 Å². The predicted octanol–water partition coefficient (Wildman–Crippen LogP) is 1.48. The first kappa shape index (κ1) is 78.7. The average Bonchev–Trinajstić information content (AvgIpc) is 1.77. The lowest BCUT2D eigenvalue weighted by Gasteiger charge is -2.33. The number of urea groups is 1. The Labute approximate surface area is 597 Å². The number of hydrogen-bond acceptors (Lipinski definition) is 15. The molecule has 1 unspecified atom stereocenters. The molecule has 2 aliphatic heterocycles. The first-order valence-corrected chi connectivity index (χ1v) is 34.0. The van der Waals surface area contributed by atoms with Gasteiger partial charge in [-0.2, -0.15) is 0 Å². The molecule has 2 saturated heterocycles. The molecule has 32 heteroatoms. The summed E-state index contributed by atoms with van der Waals surface area (Å²) in [7, 11) is 1.24. The van der Waals surface area contributed by atoms with Crippen molar-refractivity contribution in [2.75, 3.05) is 26.7 Å². The van der Waals surface area contributed by atoms with E-state index in [9.17, 15) is 63.3 Å². The molecule has 0 bridgehead atoms. The Hall–Kier alpha value is -9.68. The lowest BCUT2D eigenvalue weighted by atomic mass is 9.97. The number of benzene rings is 4.